The van der Waals surface area contributed by atoms with Crippen LogP contribution in [0.5, 0.6) is 0 Å². The summed E-state index contributed by atoms with van der Waals surface area (Å²) in [7, 11) is 0. The van der Waals surface area contributed by atoms with Crippen LogP contribution in [0.2, 0.25) is 0 Å². The molecule has 0 bridgehead atoms. The summed E-state index contributed by atoms with van der Waals surface area (Å²) in [6.07, 6.45) is 0. The molecule has 0 atom stereocenters. The Morgan fingerprint density at radius 2 is 1.57 bits per heavy atom. The zero-order chi connectivity index (χ0) is 19.7. The SMILES string of the molecule is CC(=O)Nc1ccc(Nc2nc3ccccc3nc2-n2nc(C)cc2C)cc1. The van der Waals surface area contributed by atoms with E-state index >= 15 is 0 Å². The maximum Gasteiger partial charge on any atom is 0.221 e. The Morgan fingerprint density at radius 3 is 2.18 bits per heavy atom. The van der Waals surface area contributed by atoms with Gasteiger partial charge >= 0.3 is 0 Å². The van der Waals surface area contributed by atoms with Gasteiger partial charge in [0.1, 0.15) is 0 Å². The van der Waals surface area contributed by atoms with E-state index < -0.39 is 0 Å². The van der Waals surface area contributed by atoms with E-state index in [0.717, 1.165) is 33.8 Å². The van der Waals surface area contributed by atoms with Gasteiger partial charge in [0.25, 0.3) is 0 Å². The summed E-state index contributed by atoms with van der Waals surface area (Å²) in [6.45, 7) is 5.42. The van der Waals surface area contributed by atoms with Crippen LogP contribution in [0.3, 0.4) is 0 Å². The number of nitrogens with zero attached hydrogens (tertiary/aromatic N) is 4. The Morgan fingerprint density at radius 1 is 0.929 bits per heavy atom. The van der Waals surface area contributed by atoms with E-state index in [9.17, 15) is 4.79 Å². The monoisotopic (exact) mass is 372 g/mol. The van der Waals surface area contributed by atoms with Crippen molar-refractivity contribution in [2.75, 3.05) is 10.6 Å². The Bertz CT molecular complexity index is 1160. The number of fused-ring (bicyclic) bond motifs is 1. The molecule has 4 rings (SSSR count). The molecule has 0 aliphatic carbocycles. The Hall–Kier alpha value is -3.74. The summed E-state index contributed by atoms with van der Waals surface area (Å²) >= 11 is 0. The van der Waals surface area contributed by atoms with Crippen LogP contribution in [0.15, 0.2) is 54.6 Å². The van der Waals surface area contributed by atoms with Crippen molar-refractivity contribution < 1.29 is 4.79 Å². The van der Waals surface area contributed by atoms with Crippen LogP contribution in [0.25, 0.3) is 16.9 Å². The maximum absolute atomic E-state index is 11.2. The van der Waals surface area contributed by atoms with Gasteiger partial charge in [-0.05, 0) is 56.3 Å². The van der Waals surface area contributed by atoms with Gasteiger partial charge in [-0.2, -0.15) is 5.10 Å². The van der Waals surface area contributed by atoms with Crippen LogP contribution < -0.4 is 10.6 Å². The van der Waals surface area contributed by atoms with E-state index in [1.807, 2.05) is 68.4 Å². The smallest absolute Gasteiger partial charge is 0.221 e. The molecule has 2 aromatic carbocycles. The second-order valence-electron chi connectivity index (χ2n) is 6.61. The number of aryl methyl sites for hydroxylation is 2. The minimum absolute atomic E-state index is 0.104. The minimum Gasteiger partial charge on any atom is -0.337 e. The molecular weight excluding hydrogens is 352 g/mol. The fourth-order valence-electron chi connectivity index (χ4n) is 3.04. The van der Waals surface area contributed by atoms with Crippen molar-refractivity contribution in [1.29, 1.82) is 0 Å². The molecule has 0 radical (unpaired) electrons. The highest BCUT2D eigenvalue weighted by atomic mass is 16.1. The van der Waals surface area contributed by atoms with Crippen LogP contribution in [0.4, 0.5) is 17.2 Å². The summed E-state index contributed by atoms with van der Waals surface area (Å²) in [6, 6.07) is 17.2. The summed E-state index contributed by atoms with van der Waals surface area (Å²) in [4.78, 5) is 20.7. The molecule has 140 valence electrons. The first kappa shape index (κ1) is 17.7. The van der Waals surface area contributed by atoms with Gasteiger partial charge in [0.15, 0.2) is 11.6 Å². The number of aromatic nitrogens is 4. The molecule has 0 fully saturated rings. The predicted octanol–water partition coefficient (Wildman–Crippen LogP) is 4.13. The number of amides is 1. The third kappa shape index (κ3) is 3.55. The number of benzene rings is 2. The van der Waals surface area contributed by atoms with Crippen molar-refractivity contribution in [2.45, 2.75) is 20.8 Å². The lowest BCUT2D eigenvalue weighted by Gasteiger charge is -2.13. The van der Waals surface area contributed by atoms with E-state index in [-0.39, 0.29) is 5.91 Å². The predicted molar refractivity (Wildman–Crippen MR) is 110 cm³/mol. The lowest BCUT2D eigenvalue weighted by molar-refractivity contribution is -0.114. The van der Waals surface area contributed by atoms with Gasteiger partial charge in [0.2, 0.25) is 5.91 Å². The lowest BCUT2D eigenvalue weighted by atomic mass is 10.2. The van der Waals surface area contributed by atoms with Gasteiger partial charge in [-0.15, -0.1) is 0 Å². The second-order valence-corrected chi connectivity index (χ2v) is 6.61. The third-order valence-electron chi connectivity index (χ3n) is 4.23. The molecule has 2 aromatic heterocycles. The Kier molecular flexibility index (Phi) is 4.49. The zero-order valence-corrected chi connectivity index (χ0v) is 15.9. The highest BCUT2D eigenvalue weighted by Crippen LogP contribution is 2.25. The van der Waals surface area contributed by atoms with Crippen LogP contribution in [0, 0.1) is 13.8 Å². The van der Waals surface area contributed by atoms with Gasteiger partial charge < -0.3 is 10.6 Å². The van der Waals surface area contributed by atoms with Crippen molar-refractivity contribution in [3.8, 4) is 5.82 Å². The summed E-state index contributed by atoms with van der Waals surface area (Å²) in [5.41, 5.74) is 5.06. The topological polar surface area (TPSA) is 84.7 Å². The molecule has 0 saturated carbocycles. The highest BCUT2D eigenvalue weighted by Gasteiger charge is 2.14. The van der Waals surface area contributed by atoms with E-state index in [0.29, 0.717) is 11.6 Å². The maximum atomic E-state index is 11.2. The van der Waals surface area contributed by atoms with Gasteiger partial charge in [-0.3, -0.25) is 4.79 Å². The molecule has 7 nitrogen and oxygen atoms in total. The molecule has 0 unspecified atom stereocenters. The highest BCUT2D eigenvalue weighted by molar-refractivity contribution is 5.89. The standard InChI is InChI=1S/C21H20N6O/c1-13-12-14(2)27(26-13)21-20(24-18-6-4-5-7-19(18)25-21)23-17-10-8-16(9-11-17)22-15(3)28/h4-12H,1-3H3,(H,22,28)(H,23,24). The molecule has 0 aliphatic rings. The largest absolute Gasteiger partial charge is 0.337 e. The Balaban J connectivity index is 1.77. The number of nitrogens with one attached hydrogen (secondary N) is 2. The first-order valence-corrected chi connectivity index (χ1v) is 8.95. The number of hydrogen-bond acceptors (Lipinski definition) is 5. The summed E-state index contributed by atoms with van der Waals surface area (Å²) in [5.74, 6) is 1.14. The molecule has 2 heterocycles. The molecule has 28 heavy (non-hydrogen) atoms. The molecular formula is C21H20N6O. The van der Waals surface area contributed by atoms with Crippen LogP contribution in [-0.4, -0.2) is 25.7 Å². The number of carbonyl (C=O) groups is 1. The van der Waals surface area contributed by atoms with Crippen molar-refractivity contribution in [1.82, 2.24) is 19.7 Å². The quantitative estimate of drug-likeness (QED) is 0.562. The van der Waals surface area contributed by atoms with Crippen LogP contribution >= 0.6 is 0 Å². The average Bonchev–Trinajstić information content (AvgIpc) is 3.00. The summed E-state index contributed by atoms with van der Waals surface area (Å²) < 4.78 is 1.79. The van der Waals surface area contributed by atoms with Crippen molar-refractivity contribution in [2.24, 2.45) is 0 Å². The molecule has 1 amide bonds. The number of para-hydroxylation sites is 2. The van der Waals surface area contributed by atoms with Gasteiger partial charge in [-0.1, -0.05) is 12.1 Å². The van der Waals surface area contributed by atoms with Crippen molar-refractivity contribution in [3.63, 3.8) is 0 Å². The van der Waals surface area contributed by atoms with E-state index in [4.69, 9.17) is 9.97 Å². The van der Waals surface area contributed by atoms with Gasteiger partial charge in [-0.25, -0.2) is 14.6 Å². The molecule has 4 aromatic rings. The lowest BCUT2D eigenvalue weighted by Crippen LogP contribution is -2.09. The molecule has 0 aliphatic heterocycles. The molecule has 2 N–H and O–H groups in total. The third-order valence-corrected chi connectivity index (χ3v) is 4.23. The number of anilines is 3. The van der Waals surface area contributed by atoms with Crippen LogP contribution in [0.1, 0.15) is 18.3 Å². The second kappa shape index (κ2) is 7.11. The number of hydrogen-bond donors (Lipinski definition) is 2. The number of carbonyl (C=O) groups excluding carboxylic acids is 1. The van der Waals surface area contributed by atoms with E-state index in [1.165, 1.54) is 6.92 Å². The Labute approximate surface area is 162 Å². The van der Waals surface area contributed by atoms with Crippen molar-refractivity contribution in [3.05, 3.63) is 66.0 Å². The summed E-state index contributed by atoms with van der Waals surface area (Å²) in [5, 5.41) is 10.7. The molecule has 7 heteroatoms. The fraction of sp³-hybridized carbons (Fsp3) is 0.143. The average molecular weight is 372 g/mol. The molecule has 0 spiro atoms. The van der Waals surface area contributed by atoms with Gasteiger partial charge in [0.05, 0.1) is 16.7 Å². The van der Waals surface area contributed by atoms with E-state index in [1.54, 1.807) is 4.68 Å². The van der Waals surface area contributed by atoms with Gasteiger partial charge in [0, 0.05) is 24.0 Å². The normalized spacial score (nSPS) is 10.8. The van der Waals surface area contributed by atoms with E-state index in [2.05, 4.69) is 15.7 Å². The fourth-order valence-corrected chi connectivity index (χ4v) is 3.04. The minimum atomic E-state index is -0.104. The first-order chi connectivity index (χ1) is 13.5. The van der Waals surface area contributed by atoms with Crippen LogP contribution in [-0.2, 0) is 4.79 Å². The first-order valence-electron chi connectivity index (χ1n) is 8.95. The van der Waals surface area contributed by atoms with Crippen molar-refractivity contribution >= 4 is 34.1 Å². The molecule has 0 saturated heterocycles. The number of rotatable bonds is 4. The zero-order valence-electron chi connectivity index (χ0n) is 15.9.